The zero-order valence-corrected chi connectivity index (χ0v) is 30.1. The Morgan fingerprint density at radius 1 is 0.432 bits per heavy atom. The number of aliphatic hydroxyl groups is 3. The molecule has 3 atom stereocenters. The molecule has 0 aliphatic carbocycles. The van der Waals surface area contributed by atoms with E-state index in [-0.39, 0.29) is 18.3 Å². The maximum atomic E-state index is 10.8. The van der Waals surface area contributed by atoms with E-state index in [1.165, 1.54) is 109 Å². The second kappa shape index (κ2) is 35.6. The summed E-state index contributed by atoms with van der Waals surface area (Å²) >= 11 is 0. The Balaban J connectivity index is 4.22. The summed E-state index contributed by atoms with van der Waals surface area (Å²) in [7, 11) is 0. The number of rotatable bonds is 37. The minimum Gasteiger partial charge on any atom is -0.392 e. The Kier molecular flexibility index (Phi) is 35.4. The molecule has 266 valence electrons. The van der Waals surface area contributed by atoms with Gasteiger partial charge in [0.15, 0.2) is 0 Å². The molecule has 0 aromatic heterocycles. The van der Waals surface area contributed by atoms with Gasteiger partial charge in [0.2, 0.25) is 0 Å². The highest BCUT2D eigenvalue weighted by atomic mass is 16.3. The van der Waals surface area contributed by atoms with Crippen LogP contribution in [0.1, 0.15) is 181 Å². The molecule has 5 N–H and O–H groups in total. The largest absolute Gasteiger partial charge is 0.392 e. The van der Waals surface area contributed by atoms with E-state index in [0.29, 0.717) is 19.6 Å². The van der Waals surface area contributed by atoms with E-state index in [4.69, 9.17) is 0 Å². The van der Waals surface area contributed by atoms with Crippen LogP contribution in [0.3, 0.4) is 0 Å². The molecule has 0 aromatic carbocycles. The SMILES string of the molecule is CCCCCCCCCCCCC(O)CN(CCCCCNCCNCC(O)CC)CC(O)CCCCCCCCCCC. The van der Waals surface area contributed by atoms with Crippen molar-refractivity contribution >= 4 is 0 Å². The minimum atomic E-state index is -0.288. The molecule has 0 saturated heterocycles. The summed E-state index contributed by atoms with van der Waals surface area (Å²) in [6.07, 6.45) is 30.2. The zero-order valence-electron chi connectivity index (χ0n) is 30.1. The van der Waals surface area contributed by atoms with Gasteiger partial charge in [-0.05, 0) is 45.2 Å². The summed E-state index contributed by atoms with van der Waals surface area (Å²) in [6.45, 7) is 12.4. The second-order valence-electron chi connectivity index (χ2n) is 13.7. The number of hydrogen-bond acceptors (Lipinski definition) is 6. The molecule has 6 heteroatoms. The average molecular weight is 628 g/mol. The summed E-state index contributed by atoms with van der Waals surface area (Å²) in [6, 6.07) is 0. The van der Waals surface area contributed by atoms with Crippen molar-refractivity contribution < 1.29 is 15.3 Å². The first-order chi connectivity index (χ1) is 21.5. The van der Waals surface area contributed by atoms with Crippen LogP contribution in [0.4, 0.5) is 0 Å². The predicted molar refractivity (Wildman–Crippen MR) is 193 cm³/mol. The fourth-order valence-corrected chi connectivity index (χ4v) is 6.07. The maximum absolute atomic E-state index is 10.8. The molecule has 0 radical (unpaired) electrons. The lowest BCUT2D eigenvalue weighted by molar-refractivity contribution is 0.0596. The summed E-state index contributed by atoms with van der Waals surface area (Å²) in [5.41, 5.74) is 0. The minimum absolute atomic E-state index is 0.241. The third-order valence-corrected chi connectivity index (χ3v) is 9.13. The van der Waals surface area contributed by atoms with Gasteiger partial charge in [-0.3, -0.25) is 4.90 Å². The van der Waals surface area contributed by atoms with Crippen molar-refractivity contribution in [3.63, 3.8) is 0 Å². The van der Waals surface area contributed by atoms with Gasteiger partial charge in [-0.1, -0.05) is 149 Å². The third kappa shape index (κ3) is 33.1. The first-order valence-corrected chi connectivity index (χ1v) is 19.7. The van der Waals surface area contributed by atoms with Crippen LogP contribution in [-0.2, 0) is 0 Å². The van der Waals surface area contributed by atoms with E-state index in [1.54, 1.807) is 0 Å². The molecule has 0 saturated carbocycles. The molecule has 3 unspecified atom stereocenters. The van der Waals surface area contributed by atoms with Crippen molar-refractivity contribution in [2.24, 2.45) is 0 Å². The number of aliphatic hydroxyl groups excluding tert-OH is 3. The zero-order chi connectivity index (χ0) is 32.4. The average Bonchev–Trinajstić information content (AvgIpc) is 3.01. The van der Waals surface area contributed by atoms with Gasteiger partial charge in [0.05, 0.1) is 18.3 Å². The first kappa shape index (κ1) is 43.8. The predicted octanol–water partition coefficient (Wildman–Crippen LogP) is 8.36. The Labute approximate surface area is 275 Å². The number of unbranched alkanes of at least 4 members (excludes halogenated alkanes) is 19. The lowest BCUT2D eigenvalue weighted by Crippen LogP contribution is -2.38. The Morgan fingerprint density at radius 3 is 1.30 bits per heavy atom. The molecular formula is C38H81N3O3. The maximum Gasteiger partial charge on any atom is 0.0667 e. The van der Waals surface area contributed by atoms with Crippen molar-refractivity contribution in [3.8, 4) is 0 Å². The van der Waals surface area contributed by atoms with Gasteiger partial charge in [-0.15, -0.1) is 0 Å². The van der Waals surface area contributed by atoms with Crippen LogP contribution in [0.25, 0.3) is 0 Å². The van der Waals surface area contributed by atoms with Gasteiger partial charge in [0, 0.05) is 32.7 Å². The monoisotopic (exact) mass is 628 g/mol. The van der Waals surface area contributed by atoms with Crippen molar-refractivity contribution in [2.45, 2.75) is 200 Å². The van der Waals surface area contributed by atoms with Crippen LogP contribution in [0.2, 0.25) is 0 Å². The Morgan fingerprint density at radius 2 is 0.841 bits per heavy atom. The van der Waals surface area contributed by atoms with Crippen molar-refractivity contribution in [1.29, 1.82) is 0 Å². The normalized spacial score (nSPS) is 14.0. The van der Waals surface area contributed by atoms with E-state index in [9.17, 15) is 15.3 Å². The molecule has 0 aliphatic rings. The summed E-state index contributed by atoms with van der Waals surface area (Å²) in [5.74, 6) is 0. The van der Waals surface area contributed by atoms with Crippen LogP contribution in [0.15, 0.2) is 0 Å². The van der Waals surface area contributed by atoms with Gasteiger partial charge in [-0.2, -0.15) is 0 Å². The molecule has 0 spiro atoms. The fourth-order valence-electron chi connectivity index (χ4n) is 6.07. The molecule has 6 nitrogen and oxygen atoms in total. The molecule has 0 rings (SSSR count). The number of nitrogens with one attached hydrogen (secondary N) is 2. The standard InChI is InChI=1S/C38H81N3O3/c1-4-7-9-11-13-15-17-19-21-24-28-38(44)35-41(32-26-22-25-29-39-30-31-40-33-36(42)6-3)34-37(43)27-23-20-18-16-14-12-10-8-5-2/h36-40,42-44H,4-35H2,1-3H3. The number of hydrogen-bond donors (Lipinski definition) is 5. The third-order valence-electron chi connectivity index (χ3n) is 9.13. The van der Waals surface area contributed by atoms with Crippen LogP contribution >= 0.6 is 0 Å². The van der Waals surface area contributed by atoms with E-state index in [0.717, 1.165) is 77.5 Å². The molecule has 0 amide bonds. The summed E-state index contributed by atoms with van der Waals surface area (Å²) in [5, 5.41) is 38.1. The first-order valence-electron chi connectivity index (χ1n) is 19.7. The van der Waals surface area contributed by atoms with Gasteiger partial charge < -0.3 is 26.0 Å². The molecule has 0 bridgehead atoms. The Bertz CT molecular complexity index is 539. The molecular weight excluding hydrogens is 546 g/mol. The topological polar surface area (TPSA) is 88.0 Å². The van der Waals surface area contributed by atoms with Crippen LogP contribution in [0, 0.1) is 0 Å². The summed E-state index contributed by atoms with van der Waals surface area (Å²) < 4.78 is 0. The highest BCUT2D eigenvalue weighted by Gasteiger charge is 2.15. The Hall–Kier alpha value is -0.240. The molecule has 0 fully saturated rings. The highest BCUT2D eigenvalue weighted by molar-refractivity contribution is 4.70. The molecule has 0 heterocycles. The quantitative estimate of drug-likeness (QED) is 0.0445. The second-order valence-corrected chi connectivity index (χ2v) is 13.7. The smallest absolute Gasteiger partial charge is 0.0667 e. The van der Waals surface area contributed by atoms with Gasteiger partial charge in [-0.25, -0.2) is 0 Å². The number of nitrogens with zero attached hydrogens (tertiary/aromatic N) is 1. The van der Waals surface area contributed by atoms with E-state index < -0.39 is 0 Å². The van der Waals surface area contributed by atoms with Crippen LogP contribution in [-0.4, -0.2) is 84.3 Å². The van der Waals surface area contributed by atoms with Gasteiger partial charge in [0.1, 0.15) is 0 Å². The molecule has 0 aliphatic heterocycles. The van der Waals surface area contributed by atoms with Crippen LogP contribution < -0.4 is 10.6 Å². The lowest BCUT2D eigenvalue weighted by atomic mass is 10.0. The van der Waals surface area contributed by atoms with Crippen molar-refractivity contribution in [2.75, 3.05) is 45.8 Å². The lowest BCUT2D eigenvalue weighted by Gasteiger charge is -2.27. The van der Waals surface area contributed by atoms with Crippen molar-refractivity contribution in [3.05, 3.63) is 0 Å². The van der Waals surface area contributed by atoms with Gasteiger partial charge in [0.25, 0.3) is 0 Å². The van der Waals surface area contributed by atoms with E-state index in [2.05, 4.69) is 29.4 Å². The van der Waals surface area contributed by atoms with E-state index in [1.807, 2.05) is 6.92 Å². The molecule has 0 aromatic rings. The van der Waals surface area contributed by atoms with E-state index >= 15 is 0 Å². The van der Waals surface area contributed by atoms with Crippen molar-refractivity contribution in [1.82, 2.24) is 15.5 Å². The van der Waals surface area contributed by atoms with Gasteiger partial charge >= 0.3 is 0 Å². The van der Waals surface area contributed by atoms with Crippen LogP contribution in [0.5, 0.6) is 0 Å². The fraction of sp³-hybridized carbons (Fsp3) is 1.00. The highest BCUT2D eigenvalue weighted by Crippen LogP contribution is 2.15. The summed E-state index contributed by atoms with van der Waals surface area (Å²) in [4.78, 5) is 2.34. The molecule has 44 heavy (non-hydrogen) atoms.